The molecular weight excluding hydrogens is 526 g/mol. The van der Waals surface area contributed by atoms with Crippen molar-refractivity contribution in [3.63, 3.8) is 0 Å². The standard InChI is InChI=1S/C31H40ClN5O3/c1-20-6-2-3-7-21(20)30(39)36-15-11-22-23(32)9-10-25(40-18-27-34-33-26-8-4-5-14-37(26)27)29(22)24(36)17-35-19-31(12-13-31)16-28(35)38/h9-10,20-21,24H,2-8,11-19H2,1H3/t20-,21+,24+/m0/s1. The Morgan fingerprint density at radius 3 is 2.75 bits per heavy atom. The van der Waals surface area contributed by atoms with Gasteiger partial charge in [-0.1, -0.05) is 31.4 Å². The predicted octanol–water partition coefficient (Wildman–Crippen LogP) is 5.11. The van der Waals surface area contributed by atoms with Crippen LogP contribution in [0.3, 0.4) is 0 Å². The van der Waals surface area contributed by atoms with Gasteiger partial charge in [0, 0.05) is 55.5 Å². The fourth-order valence-corrected chi connectivity index (χ4v) is 8.00. The van der Waals surface area contributed by atoms with Crippen molar-refractivity contribution in [1.82, 2.24) is 24.6 Å². The lowest BCUT2D eigenvalue weighted by atomic mass is 9.78. The molecule has 4 heterocycles. The molecule has 2 aromatic rings. The van der Waals surface area contributed by atoms with Crippen LogP contribution < -0.4 is 4.74 Å². The molecule has 0 bridgehead atoms. The third kappa shape index (κ3) is 4.70. The van der Waals surface area contributed by atoms with E-state index in [1.807, 2.05) is 17.0 Å². The summed E-state index contributed by atoms with van der Waals surface area (Å²) in [4.78, 5) is 31.5. The highest BCUT2D eigenvalue weighted by Crippen LogP contribution is 2.54. The number of aryl methyl sites for hydroxylation is 1. The Hall–Kier alpha value is -2.61. The van der Waals surface area contributed by atoms with Crippen molar-refractivity contribution < 1.29 is 14.3 Å². The van der Waals surface area contributed by atoms with Crippen LogP contribution in [0.25, 0.3) is 0 Å². The Bertz CT molecular complexity index is 1320. The summed E-state index contributed by atoms with van der Waals surface area (Å²) in [7, 11) is 0. The molecule has 3 atom stereocenters. The van der Waals surface area contributed by atoms with Gasteiger partial charge in [-0.2, -0.15) is 0 Å². The van der Waals surface area contributed by atoms with Gasteiger partial charge in [0.05, 0.1) is 6.04 Å². The van der Waals surface area contributed by atoms with Crippen LogP contribution in [0.5, 0.6) is 5.75 Å². The summed E-state index contributed by atoms with van der Waals surface area (Å²) in [6, 6.07) is 3.57. The lowest BCUT2D eigenvalue weighted by molar-refractivity contribution is -0.143. The van der Waals surface area contributed by atoms with Crippen LogP contribution >= 0.6 is 11.6 Å². The van der Waals surface area contributed by atoms with E-state index in [0.29, 0.717) is 43.5 Å². The molecule has 2 amide bonds. The largest absolute Gasteiger partial charge is 0.485 e. The highest BCUT2D eigenvalue weighted by molar-refractivity contribution is 6.31. The smallest absolute Gasteiger partial charge is 0.226 e. The lowest BCUT2D eigenvalue weighted by Gasteiger charge is -2.43. The van der Waals surface area contributed by atoms with Gasteiger partial charge >= 0.3 is 0 Å². The maximum Gasteiger partial charge on any atom is 0.226 e. The Kier molecular flexibility index (Phi) is 6.80. The number of likely N-dealkylation sites (tertiary alicyclic amines) is 1. The zero-order chi connectivity index (χ0) is 27.4. The van der Waals surface area contributed by atoms with Gasteiger partial charge in [0.25, 0.3) is 0 Å². The first kappa shape index (κ1) is 26.3. The molecule has 1 aromatic heterocycles. The molecule has 0 radical (unpaired) electrons. The molecule has 3 fully saturated rings. The molecule has 40 heavy (non-hydrogen) atoms. The fraction of sp³-hybridized carbons (Fsp3) is 0.677. The monoisotopic (exact) mass is 565 g/mol. The molecule has 2 aliphatic carbocycles. The lowest BCUT2D eigenvalue weighted by Crippen LogP contribution is -2.49. The van der Waals surface area contributed by atoms with Gasteiger partial charge in [0.1, 0.15) is 18.2 Å². The molecule has 1 spiro atoms. The Balaban J connectivity index is 1.22. The van der Waals surface area contributed by atoms with Gasteiger partial charge in [-0.15, -0.1) is 10.2 Å². The van der Waals surface area contributed by atoms with Crippen LogP contribution in [0.4, 0.5) is 0 Å². The van der Waals surface area contributed by atoms with E-state index in [4.69, 9.17) is 16.3 Å². The summed E-state index contributed by atoms with van der Waals surface area (Å²) in [5.41, 5.74) is 2.18. The maximum atomic E-state index is 14.2. The van der Waals surface area contributed by atoms with Crippen molar-refractivity contribution in [3.05, 3.63) is 39.9 Å². The highest BCUT2D eigenvalue weighted by Gasteiger charge is 2.52. The summed E-state index contributed by atoms with van der Waals surface area (Å²) >= 11 is 6.81. The van der Waals surface area contributed by atoms with Crippen LogP contribution in [0.2, 0.25) is 5.02 Å². The number of aromatic nitrogens is 3. The molecule has 0 N–H and O–H groups in total. The molecule has 5 aliphatic rings. The third-order valence-electron chi connectivity index (χ3n) is 10.3. The second kappa shape index (κ2) is 10.3. The van der Waals surface area contributed by atoms with Crippen molar-refractivity contribution in [2.45, 2.75) is 96.7 Å². The Morgan fingerprint density at radius 2 is 1.95 bits per heavy atom. The quantitative estimate of drug-likeness (QED) is 0.486. The number of rotatable bonds is 6. The number of ether oxygens (including phenoxy) is 1. The average Bonchev–Trinajstić information content (AvgIpc) is 3.46. The van der Waals surface area contributed by atoms with E-state index >= 15 is 0 Å². The minimum Gasteiger partial charge on any atom is -0.485 e. The molecule has 3 aliphatic heterocycles. The number of carbonyl (C=O) groups is 2. The molecule has 1 saturated heterocycles. The van der Waals surface area contributed by atoms with Gasteiger partial charge < -0.3 is 19.1 Å². The van der Waals surface area contributed by atoms with Crippen molar-refractivity contribution >= 4 is 23.4 Å². The van der Waals surface area contributed by atoms with E-state index in [1.165, 1.54) is 6.42 Å². The van der Waals surface area contributed by atoms with E-state index in [1.54, 1.807) is 0 Å². The SMILES string of the molecule is C[C@H]1CCCC[C@H]1C(=O)N1CCc2c(Cl)ccc(OCc3nnc4n3CCCC4)c2[C@H]1CN1CC2(CC2)CC1=O. The number of nitrogens with zero attached hydrogens (tertiary/aromatic N) is 5. The van der Waals surface area contributed by atoms with Gasteiger partial charge in [-0.25, -0.2) is 0 Å². The minimum absolute atomic E-state index is 0.0351. The fourth-order valence-electron chi connectivity index (χ4n) is 7.74. The summed E-state index contributed by atoms with van der Waals surface area (Å²) in [5, 5.41) is 9.53. The van der Waals surface area contributed by atoms with Gasteiger partial charge in [0.2, 0.25) is 11.8 Å². The molecule has 0 unspecified atom stereocenters. The topological polar surface area (TPSA) is 80.6 Å². The first-order valence-electron chi connectivity index (χ1n) is 15.4. The van der Waals surface area contributed by atoms with Crippen LogP contribution in [-0.4, -0.2) is 56.0 Å². The number of benzene rings is 1. The van der Waals surface area contributed by atoms with Crippen LogP contribution in [-0.2, 0) is 35.6 Å². The second-order valence-electron chi connectivity index (χ2n) is 13.0. The van der Waals surface area contributed by atoms with E-state index < -0.39 is 0 Å². The molecule has 7 rings (SSSR count). The number of hydrogen-bond donors (Lipinski definition) is 0. The zero-order valence-corrected chi connectivity index (χ0v) is 24.3. The van der Waals surface area contributed by atoms with E-state index in [-0.39, 0.29) is 29.2 Å². The predicted molar refractivity (Wildman–Crippen MR) is 151 cm³/mol. The zero-order valence-electron chi connectivity index (χ0n) is 23.5. The first-order valence-corrected chi connectivity index (χ1v) is 15.7. The molecule has 214 valence electrons. The van der Waals surface area contributed by atoms with E-state index in [9.17, 15) is 9.59 Å². The molecular formula is C31H40ClN5O3. The third-order valence-corrected chi connectivity index (χ3v) is 10.7. The normalized spacial score (nSPS) is 27.1. The maximum absolute atomic E-state index is 14.2. The second-order valence-corrected chi connectivity index (χ2v) is 13.4. The Morgan fingerprint density at radius 1 is 1.10 bits per heavy atom. The van der Waals surface area contributed by atoms with Gasteiger partial charge in [0.15, 0.2) is 5.82 Å². The molecule has 8 nitrogen and oxygen atoms in total. The van der Waals surface area contributed by atoms with Crippen molar-refractivity contribution in [3.8, 4) is 5.75 Å². The highest BCUT2D eigenvalue weighted by atomic mass is 35.5. The van der Waals surface area contributed by atoms with Crippen LogP contribution in [0.1, 0.15) is 93.5 Å². The van der Waals surface area contributed by atoms with Crippen LogP contribution in [0.15, 0.2) is 12.1 Å². The van der Waals surface area contributed by atoms with Gasteiger partial charge in [-0.05, 0) is 74.0 Å². The van der Waals surface area contributed by atoms with Crippen LogP contribution in [0, 0.1) is 17.3 Å². The summed E-state index contributed by atoms with van der Waals surface area (Å²) < 4.78 is 8.70. The summed E-state index contributed by atoms with van der Waals surface area (Å²) in [5.74, 6) is 3.45. The van der Waals surface area contributed by atoms with E-state index in [0.717, 1.165) is 93.0 Å². The Labute approximate surface area is 241 Å². The number of halogens is 1. The molecule has 9 heteroatoms. The van der Waals surface area contributed by atoms with Crippen molar-refractivity contribution in [2.24, 2.45) is 17.3 Å². The van der Waals surface area contributed by atoms with Crippen molar-refractivity contribution in [2.75, 3.05) is 19.6 Å². The summed E-state index contributed by atoms with van der Waals surface area (Å²) in [6.45, 7) is 5.36. The van der Waals surface area contributed by atoms with E-state index in [2.05, 4.69) is 26.6 Å². The van der Waals surface area contributed by atoms with Crippen molar-refractivity contribution in [1.29, 1.82) is 0 Å². The number of hydrogen-bond acceptors (Lipinski definition) is 5. The number of carbonyl (C=O) groups excluding carboxylic acids is 2. The molecule has 2 saturated carbocycles. The number of amides is 2. The van der Waals surface area contributed by atoms with Gasteiger partial charge in [-0.3, -0.25) is 9.59 Å². The summed E-state index contributed by atoms with van der Waals surface area (Å²) in [6.07, 6.45) is 11.1. The average molecular weight is 566 g/mol. The molecule has 1 aromatic carbocycles. The number of fused-ring (bicyclic) bond motifs is 2. The minimum atomic E-state index is -0.274. The first-order chi connectivity index (χ1) is 19.4.